The van der Waals surface area contributed by atoms with Gasteiger partial charge in [-0.3, -0.25) is 9.69 Å². The van der Waals surface area contributed by atoms with Gasteiger partial charge in [-0.05, 0) is 76.7 Å². The quantitative estimate of drug-likeness (QED) is 0.178. The van der Waals surface area contributed by atoms with Crippen LogP contribution >= 0.6 is 0 Å². The van der Waals surface area contributed by atoms with Crippen LogP contribution < -0.4 is 28.7 Å². The van der Waals surface area contributed by atoms with Crippen LogP contribution in [0.1, 0.15) is 62.2 Å². The van der Waals surface area contributed by atoms with E-state index in [9.17, 15) is 9.90 Å². The molecule has 0 aliphatic carbocycles. The number of rotatable bonds is 6. The fourth-order valence-corrected chi connectivity index (χ4v) is 11.0. The normalized spacial score (nSPS) is 19.0. The smallest absolute Gasteiger partial charge is 0.246 e. The molecule has 1 amide bonds. The average molecular weight is 867 g/mol. The molecule has 0 bridgehead atoms. The highest BCUT2D eigenvalue weighted by molar-refractivity contribution is 6.12. The number of phenols is 1. The summed E-state index contributed by atoms with van der Waals surface area (Å²) in [6.45, 7) is 4.08. The van der Waals surface area contributed by atoms with Crippen molar-refractivity contribution in [2.45, 2.75) is 29.8 Å². The van der Waals surface area contributed by atoms with E-state index in [1.54, 1.807) is 18.2 Å². The molecule has 2 spiro atoms. The third-order valence-corrected chi connectivity index (χ3v) is 14.0. The van der Waals surface area contributed by atoms with Crippen LogP contribution in [-0.2, 0) is 15.6 Å². The summed E-state index contributed by atoms with van der Waals surface area (Å²) in [4.78, 5) is 18.9. The Balaban J connectivity index is 0.000000138. The van der Waals surface area contributed by atoms with E-state index in [0.717, 1.165) is 51.7 Å². The van der Waals surface area contributed by atoms with E-state index < -0.39 is 5.41 Å². The fourth-order valence-electron chi connectivity index (χ4n) is 11.0. The van der Waals surface area contributed by atoms with Gasteiger partial charge in [0.1, 0.15) is 35.9 Å². The first-order valence-electron chi connectivity index (χ1n) is 22.5. The molecule has 2 atom stereocenters. The summed E-state index contributed by atoms with van der Waals surface area (Å²) >= 11 is 0. The summed E-state index contributed by atoms with van der Waals surface area (Å²) in [7, 11) is 0. The maximum atomic E-state index is 14.4. The van der Waals surface area contributed by atoms with Gasteiger partial charge < -0.3 is 29.0 Å². The second-order valence-electron chi connectivity index (χ2n) is 17.7. The van der Waals surface area contributed by atoms with Crippen LogP contribution in [0.25, 0.3) is 0 Å². The standard InChI is InChI=1S/C30H25NO3.C28H21NO3/c1-20-12-13-25-23(14-20)30(18-32-26-16-28-27(15-24(26)30)33-19-34-28)17-31(25)29(21-8-4-2-5-9-21)22-10-6-3-7-11-22;30-21-15-16-25-23(17-21)28(18-32-25)22-13-7-8-14-24(22)29(27(28)31)26(19-9-3-1-4-10-19)20-11-5-2-6-12-20/h2-16,29H,17-19H2,1H3;1-17,26,30H,18H2. The lowest BCUT2D eigenvalue weighted by atomic mass is 9.77. The molecule has 5 aliphatic heterocycles. The molecule has 1 N–H and O–H groups in total. The van der Waals surface area contributed by atoms with Crippen molar-refractivity contribution in [3.8, 4) is 28.7 Å². The van der Waals surface area contributed by atoms with Crippen molar-refractivity contribution >= 4 is 17.3 Å². The number of benzene rings is 8. The molecule has 66 heavy (non-hydrogen) atoms. The Morgan fingerprint density at radius 2 is 1.06 bits per heavy atom. The third kappa shape index (κ3) is 6.16. The van der Waals surface area contributed by atoms with Crippen molar-refractivity contribution in [1.29, 1.82) is 0 Å². The molecular weight excluding hydrogens is 821 g/mol. The van der Waals surface area contributed by atoms with E-state index in [1.165, 1.54) is 33.5 Å². The molecule has 8 aromatic carbocycles. The van der Waals surface area contributed by atoms with Crippen LogP contribution in [-0.4, -0.2) is 37.6 Å². The Kier molecular flexibility index (Phi) is 9.38. The van der Waals surface area contributed by atoms with Gasteiger partial charge in [0, 0.05) is 35.1 Å². The van der Waals surface area contributed by atoms with E-state index >= 15 is 0 Å². The third-order valence-electron chi connectivity index (χ3n) is 14.0. The first kappa shape index (κ1) is 39.6. The lowest BCUT2D eigenvalue weighted by molar-refractivity contribution is -0.122. The van der Waals surface area contributed by atoms with Crippen molar-refractivity contribution in [2.75, 3.05) is 36.4 Å². The van der Waals surface area contributed by atoms with Crippen LogP contribution in [0.2, 0.25) is 0 Å². The van der Waals surface area contributed by atoms with Crippen molar-refractivity contribution in [1.82, 2.24) is 0 Å². The van der Waals surface area contributed by atoms with Gasteiger partial charge in [-0.2, -0.15) is 0 Å². The molecule has 0 saturated carbocycles. The highest BCUT2D eigenvalue weighted by atomic mass is 16.7. The van der Waals surface area contributed by atoms with Crippen LogP contribution in [0.5, 0.6) is 28.7 Å². The number of para-hydroxylation sites is 1. The number of nitrogens with zero attached hydrogens (tertiary/aromatic N) is 2. The molecule has 5 heterocycles. The molecular formula is C58H46N2O6. The van der Waals surface area contributed by atoms with E-state index in [4.69, 9.17) is 18.9 Å². The predicted molar refractivity (Wildman–Crippen MR) is 255 cm³/mol. The number of hydrogen-bond donors (Lipinski definition) is 1. The molecule has 5 aliphatic rings. The van der Waals surface area contributed by atoms with Gasteiger partial charge in [0.05, 0.1) is 17.5 Å². The molecule has 8 aromatic rings. The molecule has 324 valence electrons. The summed E-state index contributed by atoms with van der Waals surface area (Å²) in [6.07, 6.45) is 0. The summed E-state index contributed by atoms with van der Waals surface area (Å²) in [6, 6.07) is 65.5. The minimum atomic E-state index is -0.980. The molecule has 0 aromatic heterocycles. The van der Waals surface area contributed by atoms with Gasteiger partial charge >= 0.3 is 0 Å². The minimum absolute atomic E-state index is 0.0410. The number of phenolic OH excluding ortho intramolecular Hbond substituents is 1. The lowest BCUT2D eigenvalue weighted by Crippen LogP contribution is -2.44. The van der Waals surface area contributed by atoms with E-state index in [0.29, 0.717) is 12.4 Å². The van der Waals surface area contributed by atoms with Crippen LogP contribution in [0.4, 0.5) is 11.4 Å². The number of carbonyl (C=O) groups excluding carboxylic acids is 1. The molecule has 2 unspecified atom stereocenters. The molecule has 0 radical (unpaired) electrons. The zero-order valence-corrected chi connectivity index (χ0v) is 36.3. The highest BCUT2D eigenvalue weighted by Gasteiger charge is 2.58. The number of amides is 1. The van der Waals surface area contributed by atoms with Gasteiger partial charge in [-0.25, -0.2) is 0 Å². The van der Waals surface area contributed by atoms with Gasteiger partial charge in [-0.1, -0.05) is 157 Å². The molecule has 13 rings (SSSR count). The summed E-state index contributed by atoms with van der Waals surface area (Å²) in [5.74, 6) is 3.19. The van der Waals surface area contributed by atoms with Crippen molar-refractivity contribution in [3.63, 3.8) is 0 Å². The fraction of sp³-hybridized carbons (Fsp3) is 0.155. The zero-order chi connectivity index (χ0) is 44.4. The van der Waals surface area contributed by atoms with Crippen LogP contribution in [0, 0.1) is 6.92 Å². The summed E-state index contributed by atoms with van der Waals surface area (Å²) < 4.78 is 23.7. The number of ether oxygens (including phenoxy) is 4. The van der Waals surface area contributed by atoms with Crippen molar-refractivity contribution < 1.29 is 28.8 Å². The SMILES string of the molecule is Cc1ccc2c(c1)C1(COc3cc4c(cc31)OCO4)CN2C(c1ccccc1)c1ccccc1.O=C1N(C(c2ccccc2)c2ccccc2)c2ccccc2C12COc1ccc(O)cc12. The van der Waals surface area contributed by atoms with Gasteiger partial charge in [0.15, 0.2) is 11.5 Å². The van der Waals surface area contributed by atoms with Gasteiger partial charge in [-0.15, -0.1) is 0 Å². The Hall–Kier alpha value is -7.97. The van der Waals surface area contributed by atoms with Crippen LogP contribution in [0.15, 0.2) is 194 Å². The van der Waals surface area contributed by atoms with E-state index in [2.05, 4.69) is 121 Å². The average Bonchev–Trinajstić information content (AvgIpc) is 4.18. The number of anilines is 2. The molecule has 0 fully saturated rings. The number of aromatic hydroxyl groups is 1. The molecule has 0 saturated heterocycles. The first-order valence-corrected chi connectivity index (χ1v) is 22.5. The Morgan fingerprint density at radius 1 is 0.485 bits per heavy atom. The Bertz CT molecular complexity index is 3050. The van der Waals surface area contributed by atoms with Crippen LogP contribution in [0.3, 0.4) is 0 Å². The maximum absolute atomic E-state index is 14.4. The monoisotopic (exact) mass is 866 g/mol. The van der Waals surface area contributed by atoms with E-state index in [-0.39, 0.29) is 42.6 Å². The Labute approximate surface area is 383 Å². The van der Waals surface area contributed by atoms with Gasteiger partial charge in [0.2, 0.25) is 12.7 Å². The second-order valence-corrected chi connectivity index (χ2v) is 17.7. The zero-order valence-electron chi connectivity index (χ0n) is 36.3. The topological polar surface area (TPSA) is 80.7 Å². The summed E-state index contributed by atoms with van der Waals surface area (Å²) in [5.41, 5.74) is 10.9. The van der Waals surface area contributed by atoms with Crippen molar-refractivity contribution in [3.05, 3.63) is 244 Å². The first-order chi connectivity index (χ1) is 32.4. The minimum Gasteiger partial charge on any atom is -0.508 e. The predicted octanol–water partition coefficient (Wildman–Crippen LogP) is 11.2. The highest BCUT2D eigenvalue weighted by Crippen LogP contribution is 2.58. The maximum Gasteiger partial charge on any atom is 0.246 e. The second kappa shape index (κ2) is 15.6. The van der Waals surface area contributed by atoms with Gasteiger partial charge in [0.25, 0.3) is 0 Å². The number of aryl methyl sites for hydroxylation is 1. The lowest BCUT2D eigenvalue weighted by Gasteiger charge is -2.33. The largest absolute Gasteiger partial charge is 0.508 e. The Morgan fingerprint density at radius 3 is 1.71 bits per heavy atom. The van der Waals surface area contributed by atoms with E-state index in [1.807, 2.05) is 71.6 Å². The molecule has 8 nitrogen and oxygen atoms in total. The number of hydrogen-bond acceptors (Lipinski definition) is 7. The number of carbonyl (C=O) groups is 1. The van der Waals surface area contributed by atoms with Crippen molar-refractivity contribution in [2.24, 2.45) is 0 Å². The summed E-state index contributed by atoms with van der Waals surface area (Å²) in [5, 5.41) is 10.2. The number of fused-ring (bicyclic) bond motifs is 9. The molecule has 8 heteroatoms.